The highest BCUT2D eigenvalue weighted by atomic mass is 35.5. The molecule has 8 heteroatoms. The van der Waals surface area contributed by atoms with Gasteiger partial charge in [-0.2, -0.15) is 4.98 Å². The maximum Gasteiger partial charge on any atom is 0.226 e. The van der Waals surface area contributed by atoms with Crippen molar-refractivity contribution >= 4 is 33.0 Å². The van der Waals surface area contributed by atoms with E-state index < -0.39 is 9.84 Å². The molecule has 1 aromatic carbocycles. The van der Waals surface area contributed by atoms with Crippen molar-refractivity contribution in [2.24, 2.45) is 5.92 Å². The van der Waals surface area contributed by atoms with Crippen molar-refractivity contribution in [2.45, 2.75) is 25.7 Å². The third kappa shape index (κ3) is 4.25. The molecule has 5 nitrogen and oxygen atoms in total. The Morgan fingerprint density at radius 1 is 1.26 bits per heavy atom. The van der Waals surface area contributed by atoms with Crippen LogP contribution in [0.1, 0.15) is 30.1 Å². The maximum absolute atomic E-state index is 11.7. The standard InChI is InChI=1S/C15H16Cl2N2O3S/c16-12-4-1-5-13(17)11(12)8-14-18-15(22-19-14)7-10-3-2-6-23(20,21)9-10/h1,4-5,10H,2-3,6-9H2. The predicted octanol–water partition coefficient (Wildman–Crippen LogP) is 3.33. The fourth-order valence-corrected chi connectivity index (χ4v) is 5.14. The Morgan fingerprint density at radius 2 is 2.00 bits per heavy atom. The average molecular weight is 375 g/mol. The summed E-state index contributed by atoms with van der Waals surface area (Å²) in [6.45, 7) is 0. The average Bonchev–Trinajstić information content (AvgIpc) is 2.89. The lowest BCUT2D eigenvalue weighted by atomic mass is 10.0. The molecule has 124 valence electrons. The second-order valence-electron chi connectivity index (χ2n) is 5.81. The number of benzene rings is 1. The van der Waals surface area contributed by atoms with Crippen LogP contribution in [0.25, 0.3) is 0 Å². The Hall–Kier alpha value is -1.11. The zero-order chi connectivity index (χ0) is 16.4. The molecule has 1 fully saturated rings. The zero-order valence-electron chi connectivity index (χ0n) is 12.3. The molecule has 1 unspecified atom stereocenters. The predicted molar refractivity (Wildman–Crippen MR) is 88.6 cm³/mol. The lowest BCUT2D eigenvalue weighted by molar-refractivity contribution is 0.346. The Labute approximate surface area is 144 Å². The van der Waals surface area contributed by atoms with E-state index in [0.29, 0.717) is 41.0 Å². The number of hydrogen-bond acceptors (Lipinski definition) is 5. The third-order valence-electron chi connectivity index (χ3n) is 3.93. The van der Waals surface area contributed by atoms with Crippen LogP contribution in [0.15, 0.2) is 22.7 Å². The highest BCUT2D eigenvalue weighted by molar-refractivity contribution is 7.91. The Kier molecular flexibility index (Phi) is 4.94. The molecule has 0 amide bonds. The summed E-state index contributed by atoms with van der Waals surface area (Å²) in [6.07, 6.45) is 2.43. The molecule has 0 saturated carbocycles. The largest absolute Gasteiger partial charge is 0.339 e. The summed E-state index contributed by atoms with van der Waals surface area (Å²) >= 11 is 12.3. The van der Waals surface area contributed by atoms with E-state index in [2.05, 4.69) is 10.1 Å². The number of sulfone groups is 1. The van der Waals surface area contributed by atoms with E-state index in [1.165, 1.54) is 0 Å². The molecule has 23 heavy (non-hydrogen) atoms. The van der Waals surface area contributed by atoms with Crippen LogP contribution in [0.2, 0.25) is 10.0 Å². The second kappa shape index (κ2) is 6.79. The van der Waals surface area contributed by atoms with Gasteiger partial charge in [-0.05, 0) is 36.5 Å². The van der Waals surface area contributed by atoms with Crippen molar-refractivity contribution in [3.8, 4) is 0 Å². The van der Waals surface area contributed by atoms with Gasteiger partial charge in [0.1, 0.15) is 0 Å². The van der Waals surface area contributed by atoms with Gasteiger partial charge in [0.2, 0.25) is 5.89 Å². The van der Waals surface area contributed by atoms with Gasteiger partial charge in [-0.15, -0.1) is 0 Å². The van der Waals surface area contributed by atoms with Crippen LogP contribution in [-0.2, 0) is 22.7 Å². The van der Waals surface area contributed by atoms with Gasteiger partial charge < -0.3 is 4.52 Å². The van der Waals surface area contributed by atoms with Gasteiger partial charge in [0.05, 0.1) is 11.5 Å². The number of halogens is 2. The van der Waals surface area contributed by atoms with Crippen LogP contribution in [0, 0.1) is 5.92 Å². The SMILES string of the molecule is O=S1(=O)CCCC(Cc2nc(Cc3c(Cl)cccc3Cl)no2)C1. The lowest BCUT2D eigenvalue weighted by Crippen LogP contribution is -2.26. The molecule has 0 spiro atoms. The van der Waals surface area contributed by atoms with Crippen molar-refractivity contribution < 1.29 is 12.9 Å². The number of nitrogens with zero attached hydrogens (tertiary/aromatic N) is 2. The minimum Gasteiger partial charge on any atom is -0.339 e. The highest BCUT2D eigenvalue weighted by Gasteiger charge is 2.26. The normalized spacial score (nSPS) is 20.5. The van der Waals surface area contributed by atoms with Crippen LogP contribution >= 0.6 is 23.2 Å². The highest BCUT2D eigenvalue weighted by Crippen LogP contribution is 2.26. The van der Waals surface area contributed by atoms with E-state index in [-0.39, 0.29) is 17.4 Å². The van der Waals surface area contributed by atoms with Crippen molar-refractivity contribution in [2.75, 3.05) is 11.5 Å². The first-order valence-electron chi connectivity index (χ1n) is 7.38. The molecule has 1 aliphatic heterocycles. The molecule has 2 aromatic rings. The Balaban J connectivity index is 1.69. The smallest absolute Gasteiger partial charge is 0.226 e. The van der Waals surface area contributed by atoms with Gasteiger partial charge in [0.25, 0.3) is 0 Å². The van der Waals surface area contributed by atoms with Crippen LogP contribution in [-0.4, -0.2) is 30.1 Å². The summed E-state index contributed by atoms with van der Waals surface area (Å²) < 4.78 is 28.6. The number of hydrogen-bond donors (Lipinski definition) is 0. The van der Waals surface area contributed by atoms with E-state index in [4.69, 9.17) is 27.7 Å². The molecule has 0 radical (unpaired) electrons. The van der Waals surface area contributed by atoms with Crippen LogP contribution in [0.4, 0.5) is 0 Å². The summed E-state index contributed by atoms with van der Waals surface area (Å²) in [5.74, 6) is 1.48. The van der Waals surface area contributed by atoms with E-state index in [1.54, 1.807) is 18.2 Å². The summed E-state index contributed by atoms with van der Waals surface area (Å²) in [5, 5.41) is 5.06. The molecule has 1 aromatic heterocycles. The summed E-state index contributed by atoms with van der Waals surface area (Å²) in [6, 6.07) is 5.30. The molecule has 1 saturated heterocycles. The van der Waals surface area contributed by atoms with Crippen molar-refractivity contribution in [3.05, 3.63) is 45.5 Å². The van der Waals surface area contributed by atoms with Gasteiger partial charge in [0.15, 0.2) is 15.7 Å². The molecular weight excluding hydrogens is 359 g/mol. The van der Waals surface area contributed by atoms with Crippen LogP contribution < -0.4 is 0 Å². The van der Waals surface area contributed by atoms with Gasteiger partial charge in [0, 0.05) is 22.9 Å². The van der Waals surface area contributed by atoms with Gasteiger partial charge in [-0.1, -0.05) is 34.4 Å². The molecule has 3 rings (SSSR count). The first-order valence-corrected chi connectivity index (χ1v) is 9.95. The quantitative estimate of drug-likeness (QED) is 0.820. The lowest BCUT2D eigenvalue weighted by Gasteiger charge is -2.19. The van der Waals surface area contributed by atoms with Crippen molar-refractivity contribution in [3.63, 3.8) is 0 Å². The molecular formula is C15H16Cl2N2O3S. The molecule has 0 bridgehead atoms. The van der Waals surface area contributed by atoms with E-state index in [0.717, 1.165) is 12.0 Å². The zero-order valence-corrected chi connectivity index (χ0v) is 14.7. The molecule has 0 aliphatic carbocycles. The van der Waals surface area contributed by atoms with Crippen molar-refractivity contribution in [1.29, 1.82) is 0 Å². The first-order chi connectivity index (χ1) is 10.9. The topological polar surface area (TPSA) is 73.1 Å². The molecule has 1 atom stereocenters. The van der Waals surface area contributed by atoms with Gasteiger partial charge in [-0.3, -0.25) is 0 Å². The first kappa shape index (κ1) is 16.7. The molecule has 0 N–H and O–H groups in total. The van der Waals surface area contributed by atoms with Gasteiger partial charge in [-0.25, -0.2) is 8.42 Å². The minimum atomic E-state index is -2.93. The number of rotatable bonds is 4. The maximum atomic E-state index is 11.7. The summed E-state index contributed by atoms with van der Waals surface area (Å²) in [7, 11) is -2.93. The fourth-order valence-electron chi connectivity index (χ4n) is 2.83. The monoisotopic (exact) mass is 374 g/mol. The second-order valence-corrected chi connectivity index (χ2v) is 8.85. The van der Waals surface area contributed by atoms with Crippen LogP contribution in [0.3, 0.4) is 0 Å². The van der Waals surface area contributed by atoms with E-state index >= 15 is 0 Å². The van der Waals surface area contributed by atoms with E-state index in [9.17, 15) is 8.42 Å². The fraction of sp³-hybridized carbons (Fsp3) is 0.467. The Morgan fingerprint density at radius 3 is 2.70 bits per heavy atom. The minimum absolute atomic E-state index is 0.0472. The Bertz CT molecular complexity index is 785. The van der Waals surface area contributed by atoms with Crippen LogP contribution in [0.5, 0.6) is 0 Å². The summed E-state index contributed by atoms with van der Waals surface area (Å²) in [4.78, 5) is 4.34. The molecule has 1 aliphatic rings. The molecule has 2 heterocycles. The van der Waals surface area contributed by atoms with Crippen molar-refractivity contribution in [1.82, 2.24) is 10.1 Å². The number of aromatic nitrogens is 2. The third-order valence-corrected chi connectivity index (χ3v) is 6.53. The summed E-state index contributed by atoms with van der Waals surface area (Å²) in [5.41, 5.74) is 0.753. The van der Waals surface area contributed by atoms with Gasteiger partial charge >= 0.3 is 0 Å². The van der Waals surface area contributed by atoms with E-state index in [1.807, 2.05) is 0 Å².